The first-order valence-electron chi connectivity index (χ1n) is 7.24. The summed E-state index contributed by atoms with van der Waals surface area (Å²) in [5.41, 5.74) is 1.13. The second-order valence-electron chi connectivity index (χ2n) is 5.64. The van der Waals surface area contributed by atoms with Gasteiger partial charge in [0, 0.05) is 57.9 Å². The summed E-state index contributed by atoms with van der Waals surface area (Å²) < 4.78 is 0.612. The van der Waals surface area contributed by atoms with E-state index in [0.29, 0.717) is 10.5 Å². The molecule has 2 aliphatic heterocycles. The predicted molar refractivity (Wildman–Crippen MR) is 84.3 cm³/mol. The summed E-state index contributed by atoms with van der Waals surface area (Å²) in [5.74, 6) is 0. The molecule has 0 aromatic heterocycles. The maximum absolute atomic E-state index is 11.0. The molecule has 0 spiro atoms. The molecule has 114 valence electrons. The zero-order chi connectivity index (χ0) is 14.8. The zero-order valence-corrected chi connectivity index (χ0v) is 13.4. The van der Waals surface area contributed by atoms with Gasteiger partial charge in [0.25, 0.3) is 5.69 Å². The quantitative estimate of drug-likeness (QED) is 0.654. The van der Waals surface area contributed by atoms with Gasteiger partial charge >= 0.3 is 0 Å². The first-order valence-corrected chi connectivity index (χ1v) is 8.03. The van der Waals surface area contributed by atoms with Crippen molar-refractivity contribution in [1.82, 2.24) is 15.1 Å². The van der Waals surface area contributed by atoms with Gasteiger partial charge < -0.3 is 5.32 Å². The highest BCUT2D eigenvalue weighted by molar-refractivity contribution is 9.10. The number of nitro benzene ring substituents is 1. The van der Waals surface area contributed by atoms with Gasteiger partial charge in [-0.1, -0.05) is 12.1 Å². The number of halogens is 1. The van der Waals surface area contributed by atoms with Crippen LogP contribution in [0.1, 0.15) is 5.56 Å². The average molecular weight is 355 g/mol. The molecule has 0 aliphatic carbocycles. The molecule has 0 unspecified atom stereocenters. The van der Waals surface area contributed by atoms with E-state index in [1.165, 1.54) is 6.07 Å². The van der Waals surface area contributed by atoms with Crippen molar-refractivity contribution in [3.8, 4) is 0 Å². The van der Waals surface area contributed by atoms with Gasteiger partial charge in [-0.15, -0.1) is 0 Å². The molecule has 2 aliphatic rings. The van der Waals surface area contributed by atoms with Crippen molar-refractivity contribution in [3.63, 3.8) is 0 Å². The maximum Gasteiger partial charge on any atom is 0.283 e. The molecule has 2 fully saturated rings. The molecule has 1 aromatic carbocycles. The molecule has 0 radical (unpaired) electrons. The minimum atomic E-state index is -0.340. The van der Waals surface area contributed by atoms with E-state index >= 15 is 0 Å². The number of rotatable bonds is 4. The van der Waals surface area contributed by atoms with E-state index in [9.17, 15) is 10.1 Å². The largest absolute Gasteiger partial charge is 0.314 e. The van der Waals surface area contributed by atoms with Crippen LogP contribution in [-0.4, -0.2) is 60.0 Å². The average Bonchev–Trinajstić information content (AvgIpc) is 2.44. The van der Waals surface area contributed by atoms with Crippen molar-refractivity contribution in [1.29, 1.82) is 0 Å². The Balaban J connectivity index is 1.57. The number of nitro groups is 1. The van der Waals surface area contributed by atoms with Crippen molar-refractivity contribution in [2.24, 2.45) is 0 Å². The predicted octanol–water partition coefficient (Wildman–Crippen LogP) is 1.45. The van der Waals surface area contributed by atoms with E-state index in [-0.39, 0.29) is 10.6 Å². The smallest absolute Gasteiger partial charge is 0.283 e. The first kappa shape index (κ1) is 14.9. The lowest BCUT2D eigenvalue weighted by molar-refractivity contribution is -0.385. The number of hydrogen-bond donors (Lipinski definition) is 1. The van der Waals surface area contributed by atoms with Crippen LogP contribution < -0.4 is 5.32 Å². The number of nitrogens with one attached hydrogen (secondary N) is 1. The third kappa shape index (κ3) is 3.26. The van der Waals surface area contributed by atoms with Crippen LogP contribution in [-0.2, 0) is 6.54 Å². The van der Waals surface area contributed by atoms with Gasteiger partial charge in [0.15, 0.2) is 0 Å². The molecule has 21 heavy (non-hydrogen) atoms. The lowest BCUT2D eigenvalue weighted by atomic mass is 10.0. The van der Waals surface area contributed by atoms with Crippen LogP contribution in [0.15, 0.2) is 22.7 Å². The minimum absolute atomic E-state index is 0.145. The Hall–Kier alpha value is -1.02. The van der Waals surface area contributed by atoms with E-state index in [4.69, 9.17) is 0 Å². The van der Waals surface area contributed by atoms with Crippen LogP contribution in [0.3, 0.4) is 0 Å². The highest BCUT2D eigenvalue weighted by Gasteiger charge is 2.32. The third-order valence-electron chi connectivity index (χ3n) is 4.25. The van der Waals surface area contributed by atoms with Gasteiger partial charge in [-0.05, 0) is 21.5 Å². The van der Waals surface area contributed by atoms with E-state index in [1.807, 2.05) is 6.07 Å². The topological polar surface area (TPSA) is 61.7 Å². The number of likely N-dealkylation sites (tertiary alicyclic amines) is 1. The SMILES string of the molecule is O=[N+]([O-])c1cccc(CN2CC(N3CCNCC3)C2)c1Br. The van der Waals surface area contributed by atoms with E-state index in [2.05, 4.69) is 31.0 Å². The fraction of sp³-hybridized carbons (Fsp3) is 0.571. The molecule has 1 N–H and O–H groups in total. The Morgan fingerprint density at radius 3 is 2.71 bits per heavy atom. The van der Waals surface area contributed by atoms with Gasteiger partial charge in [0.2, 0.25) is 0 Å². The van der Waals surface area contributed by atoms with Crippen LogP contribution in [0.4, 0.5) is 5.69 Å². The molecule has 6 nitrogen and oxygen atoms in total. The summed E-state index contributed by atoms with van der Waals surface area (Å²) in [7, 11) is 0. The van der Waals surface area contributed by atoms with Crippen LogP contribution in [0, 0.1) is 10.1 Å². The van der Waals surface area contributed by atoms with Crippen LogP contribution >= 0.6 is 15.9 Å². The third-order valence-corrected chi connectivity index (χ3v) is 5.17. The first-order chi connectivity index (χ1) is 10.1. The Kier molecular flexibility index (Phi) is 4.54. The second kappa shape index (κ2) is 6.39. The molecular formula is C14H19BrN4O2. The fourth-order valence-corrected chi connectivity index (χ4v) is 3.55. The Bertz CT molecular complexity index is 528. The molecule has 0 atom stereocenters. The van der Waals surface area contributed by atoms with Crippen LogP contribution in [0.2, 0.25) is 0 Å². The van der Waals surface area contributed by atoms with E-state index < -0.39 is 0 Å². The number of nitrogens with zero attached hydrogens (tertiary/aromatic N) is 3. The molecule has 3 rings (SSSR count). The van der Waals surface area contributed by atoms with Gasteiger partial charge in [0.05, 0.1) is 9.40 Å². The summed E-state index contributed by atoms with van der Waals surface area (Å²) in [6.07, 6.45) is 0. The summed E-state index contributed by atoms with van der Waals surface area (Å²) in [6.45, 7) is 7.27. The van der Waals surface area contributed by atoms with Crippen molar-refractivity contribution < 1.29 is 4.92 Å². The minimum Gasteiger partial charge on any atom is -0.314 e. The Morgan fingerprint density at radius 1 is 1.33 bits per heavy atom. The standard InChI is InChI=1S/C14H19BrN4O2/c15-14-11(2-1-3-13(14)19(20)21)8-17-9-12(10-17)18-6-4-16-5-7-18/h1-3,12,16H,4-10H2. The van der Waals surface area contributed by atoms with Crippen molar-refractivity contribution in [2.75, 3.05) is 39.3 Å². The van der Waals surface area contributed by atoms with Gasteiger partial charge in [-0.3, -0.25) is 19.9 Å². The molecule has 0 amide bonds. The molecular weight excluding hydrogens is 336 g/mol. The van der Waals surface area contributed by atoms with Gasteiger partial charge in [-0.2, -0.15) is 0 Å². The van der Waals surface area contributed by atoms with Crippen LogP contribution in [0.5, 0.6) is 0 Å². The van der Waals surface area contributed by atoms with Gasteiger partial charge in [0.1, 0.15) is 0 Å². The molecule has 2 heterocycles. The van der Waals surface area contributed by atoms with Gasteiger partial charge in [-0.25, -0.2) is 0 Å². The molecule has 7 heteroatoms. The number of piperazine rings is 1. The van der Waals surface area contributed by atoms with Crippen molar-refractivity contribution >= 4 is 21.6 Å². The summed E-state index contributed by atoms with van der Waals surface area (Å²) in [5, 5.41) is 14.3. The summed E-state index contributed by atoms with van der Waals surface area (Å²) in [6, 6.07) is 5.89. The van der Waals surface area contributed by atoms with E-state index in [0.717, 1.165) is 51.4 Å². The molecule has 0 saturated carbocycles. The maximum atomic E-state index is 11.0. The lowest BCUT2D eigenvalue weighted by Gasteiger charge is -2.47. The number of hydrogen-bond acceptors (Lipinski definition) is 5. The second-order valence-corrected chi connectivity index (χ2v) is 6.43. The Labute approximate surface area is 132 Å². The number of benzene rings is 1. The van der Waals surface area contributed by atoms with E-state index in [1.54, 1.807) is 6.07 Å². The molecule has 2 saturated heterocycles. The Morgan fingerprint density at radius 2 is 2.05 bits per heavy atom. The normalized spacial score (nSPS) is 21.2. The highest BCUT2D eigenvalue weighted by atomic mass is 79.9. The lowest BCUT2D eigenvalue weighted by Crippen LogP contribution is -2.62. The fourth-order valence-electron chi connectivity index (χ4n) is 3.02. The monoisotopic (exact) mass is 354 g/mol. The van der Waals surface area contributed by atoms with Crippen LogP contribution in [0.25, 0.3) is 0 Å². The molecule has 0 bridgehead atoms. The van der Waals surface area contributed by atoms with Crippen molar-refractivity contribution in [2.45, 2.75) is 12.6 Å². The summed E-state index contributed by atoms with van der Waals surface area (Å²) in [4.78, 5) is 15.5. The zero-order valence-electron chi connectivity index (χ0n) is 11.8. The van der Waals surface area contributed by atoms with Crippen molar-refractivity contribution in [3.05, 3.63) is 38.3 Å². The highest BCUT2D eigenvalue weighted by Crippen LogP contribution is 2.30. The summed E-state index contributed by atoms with van der Waals surface area (Å²) >= 11 is 3.37. The molecule has 1 aromatic rings.